The summed E-state index contributed by atoms with van der Waals surface area (Å²) in [5.74, 6) is -0.745. The molecular formula is C18H19N3O3. The molecule has 6 heteroatoms. The molecule has 0 atom stereocenters. The van der Waals surface area contributed by atoms with E-state index in [-0.39, 0.29) is 12.2 Å². The summed E-state index contributed by atoms with van der Waals surface area (Å²) in [7, 11) is 0. The minimum absolute atomic E-state index is 0.153. The summed E-state index contributed by atoms with van der Waals surface area (Å²) in [5, 5.41) is 15.7. The van der Waals surface area contributed by atoms with Crippen molar-refractivity contribution >= 4 is 23.7 Å². The zero-order valence-corrected chi connectivity index (χ0v) is 13.3. The van der Waals surface area contributed by atoms with E-state index in [0.29, 0.717) is 5.69 Å². The number of amides is 2. The number of carbonyl (C=O) groups excluding carboxylic acids is 2. The Labute approximate surface area is 140 Å². The van der Waals surface area contributed by atoms with E-state index in [1.54, 1.807) is 18.2 Å². The summed E-state index contributed by atoms with van der Waals surface area (Å²) in [6, 6.07) is 13.8. The highest BCUT2D eigenvalue weighted by atomic mass is 16.3. The predicted octanol–water partition coefficient (Wildman–Crippen LogP) is 2.43. The van der Waals surface area contributed by atoms with Crippen molar-refractivity contribution in [2.24, 2.45) is 5.10 Å². The van der Waals surface area contributed by atoms with Crippen molar-refractivity contribution in [2.75, 3.05) is 5.32 Å². The van der Waals surface area contributed by atoms with Gasteiger partial charge in [0.2, 0.25) is 11.8 Å². The summed E-state index contributed by atoms with van der Waals surface area (Å²) in [6.45, 7) is 2.00. The number of hydrazone groups is 1. The number of phenols is 1. The molecule has 0 fully saturated rings. The zero-order chi connectivity index (χ0) is 17.4. The number of benzene rings is 2. The highest BCUT2D eigenvalue weighted by molar-refractivity contribution is 6.04. The average Bonchev–Trinajstić information content (AvgIpc) is 2.57. The quantitative estimate of drug-likeness (QED) is 0.433. The van der Waals surface area contributed by atoms with Gasteiger partial charge in [0.1, 0.15) is 12.2 Å². The van der Waals surface area contributed by atoms with Gasteiger partial charge in [0.05, 0.1) is 6.21 Å². The first-order valence-corrected chi connectivity index (χ1v) is 7.57. The minimum atomic E-state index is -0.503. The van der Waals surface area contributed by atoms with E-state index in [2.05, 4.69) is 15.8 Å². The molecule has 0 saturated carbocycles. The van der Waals surface area contributed by atoms with Gasteiger partial charge in [0.25, 0.3) is 0 Å². The molecular weight excluding hydrogens is 306 g/mol. The number of aryl methyl sites for hydroxylation is 1. The lowest BCUT2D eigenvalue weighted by Crippen LogP contribution is -2.25. The number of hydrogen-bond donors (Lipinski definition) is 3. The molecule has 0 spiro atoms. The second-order valence-electron chi connectivity index (χ2n) is 5.12. The van der Waals surface area contributed by atoms with Crippen LogP contribution in [0.2, 0.25) is 0 Å². The molecule has 0 radical (unpaired) electrons. The fourth-order valence-electron chi connectivity index (χ4n) is 2.07. The molecule has 0 aliphatic carbocycles. The molecule has 2 aromatic carbocycles. The number of para-hydroxylation sites is 1. The SMILES string of the molecule is CCc1ccccc1NC(=O)CC(=O)NN=Cc1ccc(O)cc1. The van der Waals surface area contributed by atoms with Crippen LogP contribution in [0, 0.1) is 0 Å². The fraction of sp³-hybridized carbons (Fsp3) is 0.167. The molecule has 0 aliphatic rings. The van der Waals surface area contributed by atoms with Gasteiger partial charge in [-0.2, -0.15) is 5.10 Å². The Bertz CT molecular complexity index is 739. The van der Waals surface area contributed by atoms with Crippen LogP contribution in [0.4, 0.5) is 5.69 Å². The van der Waals surface area contributed by atoms with Gasteiger partial charge in [-0.3, -0.25) is 9.59 Å². The summed E-state index contributed by atoms with van der Waals surface area (Å²) in [4.78, 5) is 23.6. The second-order valence-corrected chi connectivity index (χ2v) is 5.12. The van der Waals surface area contributed by atoms with E-state index in [1.165, 1.54) is 18.3 Å². The van der Waals surface area contributed by atoms with Crippen LogP contribution in [0.1, 0.15) is 24.5 Å². The third-order valence-corrected chi connectivity index (χ3v) is 3.29. The monoisotopic (exact) mass is 325 g/mol. The van der Waals surface area contributed by atoms with Gasteiger partial charge in [-0.05, 0) is 47.9 Å². The number of anilines is 1. The Morgan fingerprint density at radius 3 is 2.50 bits per heavy atom. The number of phenolic OH excluding ortho intramolecular Hbond substituents is 1. The molecule has 0 aromatic heterocycles. The van der Waals surface area contributed by atoms with Gasteiger partial charge in [-0.1, -0.05) is 25.1 Å². The Balaban J connectivity index is 1.83. The van der Waals surface area contributed by atoms with E-state index in [4.69, 9.17) is 5.11 Å². The standard InChI is InChI=1S/C18H19N3O3/c1-2-14-5-3-4-6-16(14)20-17(23)11-18(24)21-19-12-13-7-9-15(22)10-8-13/h3-10,12,22H,2,11H2,1H3,(H,20,23)(H,21,24). The van der Waals surface area contributed by atoms with Crippen molar-refractivity contribution in [3.05, 3.63) is 59.7 Å². The Morgan fingerprint density at radius 2 is 1.79 bits per heavy atom. The van der Waals surface area contributed by atoms with Gasteiger partial charge < -0.3 is 10.4 Å². The molecule has 6 nitrogen and oxygen atoms in total. The molecule has 2 amide bonds. The molecule has 124 valence electrons. The average molecular weight is 325 g/mol. The molecule has 0 bridgehead atoms. The Morgan fingerprint density at radius 1 is 1.08 bits per heavy atom. The number of rotatable bonds is 6. The van der Waals surface area contributed by atoms with Gasteiger partial charge in [0.15, 0.2) is 0 Å². The molecule has 0 aliphatic heterocycles. The van der Waals surface area contributed by atoms with Crippen molar-refractivity contribution in [3.8, 4) is 5.75 Å². The van der Waals surface area contributed by atoms with Gasteiger partial charge in [-0.25, -0.2) is 5.43 Å². The lowest BCUT2D eigenvalue weighted by atomic mass is 10.1. The molecule has 0 saturated heterocycles. The minimum Gasteiger partial charge on any atom is -0.508 e. The second kappa shape index (κ2) is 8.47. The first kappa shape index (κ1) is 17.2. The number of nitrogens with one attached hydrogen (secondary N) is 2. The summed E-state index contributed by atoms with van der Waals surface area (Å²) in [5.41, 5.74) is 4.74. The highest BCUT2D eigenvalue weighted by Gasteiger charge is 2.10. The molecule has 0 heterocycles. The van der Waals surface area contributed by atoms with Gasteiger partial charge >= 0.3 is 0 Å². The fourth-order valence-corrected chi connectivity index (χ4v) is 2.07. The third-order valence-electron chi connectivity index (χ3n) is 3.29. The van der Waals surface area contributed by atoms with E-state index in [1.807, 2.05) is 25.1 Å². The van der Waals surface area contributed by atoms with Crippen LogP contribution in [0.15, 0.2) is 53.6 Å². The summed E-state index contributed by atoms with van der Waals surface area (Å²) >= 11 is 0. The maximum absolute atomic E-state index is 11.9. The lowest BCUT2D eigenvalue weighted by molar-refractivity contribution is -0.126. The van der Waals surface area contributed by atoms with Crippen molar-refractivity contribution in [3.63, 3.8) is 0 Å². The molecule has 2 rings (SSSR count). The van der Waals surface area contributed by atoms with Crippen LogP contribution in [-0.4, -0.2) is 23.1 Å². The summed E-state index contributed by atoms with van der Waals surface area (Å²) in [6.07, 6.45) is 1.91. The molecule has 0 unspecified atom stereocenters. The zero-order valence-electron chi connectivity index (χ0n) is 13.3. The topological polar surface area (TPSA) is 90.8 Å². The van der Waals surface area contributed by atoms with Crippen molar-refractivity contribution in [2.45, 2.75) is 19.8 Å². The first-order valence-electron chi connectivity index (χ1n) is 7.57. The number of carbonyl (C=O) groups is 2. The van der Waals surface area contributed by atoms with E-state index < -0.39 is 11.8 Å². The largest absolute Gasteiger partial charge is 0.508 e. The third kappa shape index (κ3) is 5.24. The molecule has 3 N–H and O–H groups in total. The van der Waals surface area contributed by atoms with Crippen LogP contribution < -0.4 is 10.7 Å². The van der Waals surface area contributed by atoms with Crippen LogP contribution in [0.5, 0.6) is 5.75 Å². The first-order chi connectivity index (χ1) is 11.6. The van der Waals surface area contributed by atoms with Crippen LogP contribution in [-0.2, 0) is 16.0 Å². The Kier molecular flexibility index (Phi) is 6.08. The van der Waals surface area contributed by atoms with E-state index in [9.17, 15) is 9.59 Å². The lowest BCUT2D eigenvalue weighted by Gasteiger charge is -2.09. The highest BCUT2D eigenvalue weighted by Crippen LogP contribution is 2.15. The van der Waals surface area contributed by atoms with Crippen LogP contribution in [0.3, 0.4) is 0 Å². The number of hydrogen-bond acceptors (Lipinski definition) is 4. The van der Waals surface area contributed by atoms with Gasteiger partial charge in [-0.15, -0.1) is 0 Å². The molecule has 24 heavy (non-hydrogen) atoms. The van der Waals surface area contributed by atoms with Crippen molar-refractivity contribution < 1.29 is 14.7 Å². The van der Waals surface area contributed by atoms with Crippen LogP contribution >= 0.6 is 0 Å². The maximum atomic E-state index is 11.9. The van der Waals surface area contributed by atoms with Crippen molar-refractivity contribution in [1.29, 1.82) is 0 Å². The smallest absolute Gasteiger partial charge is 0.249 e. The van der Waals surface area contributed by atoms with E-state index in [0.717, 1.165) is 17.5 Å². The van der Waals surface area contributed by atoms with E-state index >= 15 is 0 Å². The van der Waals surface area contributed by atoms with Gasteiger partial charge in [0, 0.05) is 5.69 Å². The maximum Gasteiger partial charge on any atom is 0.249 e. The number of nitrogens with zero attached hydrogens (tertiary/aromatic N) is 1. The predicted molar refractivity (Wildman–Crippen MR) is 92.9 cm³/mol. The van der Waals surface area contributed by atoms with Crippen molar-refractivity contribution in [1.82, 2.24) is 5.43 Å². The Hall–Kier alpha value is -3.15. The van der Waals surface area contributed by atoms with Crippen LogP contribution in [0.25, 0.3) is 0 Å². The molecule has 2 aromatic rings. The summed E-state index contributed by atoms with van der Waals surface area (Å²) < 4.78 is 0. The number of aromatic hydroxyl groups is 1. The normalized spacial score (nSPS) is 10.5.